The molecule has 1 aliphatic heterocycles. The van der Waals surface area contributed by atoms with E-state index >= 15 is 0 Å². The van der Waals surface area contributed by atoms with Gasteiger partial charge in [-0.15, -0.1) is 0 Å². The zero-order valence-electron chi connectivity index (χ0n) is 15.4. The summed E-state index contributed by atoms with van der Waals surface area (Å²) in [5, 5.41) is 4.29. The highest BCUT2D eigenvalue weighted by Gasteiger charge is 2.29. The Morgan fingerprint density at radius 1 is 1.27 bits per heavy atom. The molecule has 0 spiro atoms. The number of carbonyl (C=O) groups excluding carboxylic acids is 1. The monoisotopic (exact) mass is 351 g/mol. The van der Waals surface area contributed by atoms with Crippen LogP contribution in [0.3, 0.4) is 0 Å². The molecule has 0 N–H and O–H groups in total. The van der Waals surface area contributed by atoms with Crippen LogP contribution in [0.2, 0.25) is 0 Å². The summed E-state index contributed by atoms with van der Waals surface area (Å²) in [6.45, 7) is 4.39. The minimum atomic E-state index is 0.0828. The van der Waals surface area contributed by atoms with Gasteiger partial charge in [0, 0.05) is 38.8 Å². The highest BCUT2D eigenvalue weighted by atomic mass is 16.2. The maximum absolute atomic E-state index is 13.0. The van der Waals surface area contributed by atoms with Gasteiger partial charge < -0.3 is 9.47 Å². The lowest BCUT2D eigenvalue weighted by Gasteiger charge is -2.32. The third kappa shape index (κ3) is 2.89. The molecular formula is C20H25N5O. The highest BCUT2D eigenvalue weighted by molar-refractivity contribution is 5.92. The van der Waals surface area contributed by atoms with E-state index in [0.717, 1.165) is 49.2 Å². The van der Waals surface area contributed by atoms with Crippen LogP contribution in [0.25, 0.3) is 11.0 Å². The molecule has 136 valence electrons. The summed E-state index contributed by atoms with van der Waals surface area (Å²) in [7, 11) is 2.07. The average molecular weight is 351 g/mol. The SMILES string of the molecule is CCCn1nccc1C(=O)N1CCCC(c2nc3ccccc3n2C)C1. The van der Waals surface area contributed by atoms with Gasteiger partial charge in [0.2, 0.25) is 0 Å². The number of piperidine rings is 1. The first-order valence-corrected chi connectivity index (χ1v) is 9.41. The minimum absolute atomic E-state index is 0.0828. The summed E-state index contributed by atoms with van der Waals surface area (Å²) in [6.07, 6.45) is 4.75. The maximum Gasteiger partial charge on any atom is 0.272 e. The summed E-state index contributed by atoms with van der Waals surface area (Å²) >= 11 is 0. The Kier molecular flexibility index (Phi) is 4.49. The summed E-state index contributed by atoms with van der Waals surface area (Å²) in [4.78, 5) is 19.8. The Labute approximate surface area is 153 Å². The number of benzene rings is 1. The Bertz CT molecular complexity index is 925. The largest absolute Gasteiger partial charge is 0.337 e. The normalized spacial score (nSPS) is 17.8. The third-order valence-corrected chi connectivity index (χ3v) is 5.27. The first-order valence-electron chi connectivity index (χ1n) is 9.41. The number of fused-ring (bicyclic) bond motifs is 1. The predicted molar refractivity (Wildman–Crippen MR) is 101 cm³/mol. The number of amides is 1. The van der Waals surface area contributed by atoms with Gasteiger partial charge in [-0.3, -0.25) is 9.48 Å². The van der Waals surface area contributed by atoms with Gasteiger partial charge in [0.1, 0.15) is 11.5 Å². The first kappa shape index (κ1) is 16.8. The average Bonchev–Trinajstić information content (AvgIpc) is 3.27. The van der Waals surface area contributed by atoms with E-state index in [0.29, 0.717) is 12.2 Å². The number of nitrogens with zero attached hydrogens (tertiary/aromatic N) is 5. The predicted octanol–water partition coefficient (Wildman–Crippen LogP) is 3.20. The number of para-hydroxylation sites is 2. The van der Waals surface area contributed by atoms with Gasteiger partial charge in [-0.1, -0.05) is 19.1 Å². The van der Waals surface area contributed by atoms with Crippen LogP contribution in [0.4, 0.5) is 0 Å². The molecule has 0 radical (unpaired) electrons. The van der Waals surface area contributed by atoms with Gasteiger partial charge in [-0.05, 0) is 37.5 Å². The molecule has 3 aromatic rings. The summed E-state index contributed by atoms with van der Waals surface area (Å²) < 4.78 is 4.00. The van der Waals surface area contributed by atoms with Gasteiger partial charge in [-0.25, -0.2) is 4.98 Å². The van der Waals surface area contributed by atoms with Crippen LogP contribution in [-0.4, -0.2) is 43.2 Å². The summed E-state index contributed by atoms with van der Waals surface area (Å²) in [5.41, 5.74) is 2.86. The quantitative estimate of drug-likeness (QED) is 0.725. The number of hydrogen-bond donors (Lipinski definition) is 0. The van der Waals surface area contributed by atoms with Crippen molar-refractivity contribution in [3.8, 4) is 0 Å². The molecule has 0 bridgehead atoms. The van der Waals surface area contributed by atoms with E-state index < -0.39 is 0 Å². The van der Waals surface area contributed by atoms with Crippen molar-refractivity contribution in [3.05, 3.63) is 48.0 Å². The van der Waals surface area contributed by atoms with Gasteiger partial charge in [0.25, 0.3) is 5.91 Å². The van der Waals surface area contributed by atoms with Crippen molar-refractivity contribution >= 4 is 16.9 Å². The van der Waals surface area contributed by atoms with Crippen LogP contribution in [0, 0.1) is 0 Å². The van der Waals surface area contributed by atoms with E-state index in [1.807, 2.05) is 33.8 Å². The van der Waals surface area contributed by atoms with Crippen molar-refractivity contribution in [2.45, 2.75) is 38.6 Å². The fourth-order valence-corrected chi connectivity index (χ4v) is 3.97. The van der Waals surface area contributed by atoms with Crippen molar-refractivity contribution in [1.82, 2.24) is 24.2 Å². The molecule has 1 aliphatic rings. The second-order valence-electron chi connectivity index (χ2n) is 7.05. The number of hydrogen-bond acceptors (Lipinski definition) is 3. The standard InChI is InChI=1S/C20H25N5O/c1-3-12-25-18(10-11-21-25)20(26)24-13-6-7-15(14-24)19-22-16-8-4-5-9-17(16)23(19)2/h4-5,8-11,15H,3,6-7,12-14H2,1-2H3. The molecular weight excluding hydrogens is 326 g/mol. The second-order valence-corrected chi connectivity index (χ2v) is 7.05. The van der Waals surface area contributed by atoms with Crippen LogP contribution in [0.15, 0.2) is 36.5 Å². The van der Waals surface area contributed by atoms with Crippen molar-refractivity contribution in [3.63, 3.8) is 0 Å². The smallest absolute Gasteiger partial charge is 0.272 e. The Hall–Kier alpha value is -2.63. The lowest BCUT2D eigenvalue weighted by Crippen LogP contribution is -2.40. The summed E-state index contributed by atoms with van der Waals surface area (Å²) in [5.74, 6) is 1.43. The lowest BCUT2D eigenvalue weighted by molar-refractivity contribution is 0.0691. The van der Waals surface area contributed by atoms with Gasteiger partial charge in [0.15, 0.2) is 0 Å². The molecule has 0 saturated carbocycles. The first-order chi connectivity index (χ1) is 12.7. The molecule has 26 heavy (non-hydrogen) atoms. The minimum Gasteiger partial charge on any atom is -0.337 e. The zero-order chi connectivity index (χ0) is 18.1. The molecule has 1 aromatic carbocycles. The summed E-state index contributed by atoms with van der Waals surface area (Å²) in [6, 6.07) is 10.0. The third-order valence-electron chi connectivity index (χ3n) is 5.27. The molecule has 1 unspecified atom stereocenters. The number of carbonyl (C=O) groups is 1. The van der Waals surface area contributed by atoms with E-state index in [9.17, 15) is 4.79 Å². The van der Waals surface area contributed by atoms with E-state index in [1.165, 1.54) is 0 Å². The van der Waals surface area contributed by atoms with Crippen LogP contribution >= 0.6 is 0 Å². The Morgan fingerprint density at radius 3 is 2.92 bits per heavy atom. The number of likely N-dealkylation sites (tertiary alicyclic amines) is 1. The molecule has 2 aromatic heterocycles. The molecule has 4 rings (SSSR count). The lowest BCUT2D eigenvalue weighted by atomic mass is 9.97. The number of rotatable bonds is 4. The van der Waals surface area contributed by atoms with Crippen LogP contribution in [0.1, 0.15) is 48.4 Å². The molecule has 1 saturated heterocycles. The van der Waals surface area contributed by atoms with Crippen LogP contribution < -0.4 is 0 Å². The van der Waals surface area contributed by atoms with Crippen molar-refractivity contribution in [2.24, 2.45) is 7.05 Å². The maximum atomic E-state index is 13.0. The molecule has 1 amide bonds. The van der Waals surface area contributed by atoms with Crippen molar-refractivity contribution < 1.29 is 4.79 Å². The topological polar surface area (TPSA) is 56.0 Å². The zero-order valence-corrected chi connectivity index (χ0v) is 15.4. The molecule has 1 atom stereocenters. The number of aromatic nitrogens is 4. The van der Waals surface area contributed by atoms with Gasteiger partial charge >= 0.3 is 0 Å². The van der Waals surface area contributed by atoms with E-state index in [2.05, 4.69) is 29.7 Å². The fraction of sp³-hybridized carbons (Fsp3) is 0.450. The van der Waals surface area contributed by atoms with Crippen molar-refractivity contribution in [2.75, 3.05) is 13.1 Å². The number of imidazole rings is 1. The fourth-order valence-electron chi connectivity index (χ4n) is 3.97. The second kappa shape index (κ2) is 6.94. The molecule has 0 aliphatic carbocycles. The van der Waals surface area contributed by atoms with E-state index in [-0.39, 0.29) is 11.8 Å². The molecule has 6 heteroatoms. The van der Waals surface area contributed by atoms with E-state index in [4.69, 9.17) is 4.98 Å². The molecule has 1 fully saturated rings. The van der Waals surface area contributed by atoms with Crippen molar-refractivity contribution in [1.29, 1.82) is 0 Å². The Balaban J connectivity index is 1.58. The van der Waals surface area contributed by atoms with Gasteiger partial charge in [0.05, 0.1) is 11.0 Å². The molecule has 3 heterocycles. The Morgan fingerprint density at radius 2 is 2.12 bits per heavy atom. The highest BCUT2D eigenvalue weighted by Crippen LogP contribution is 2.29. The van der Waals surface area contributed by atoms with E-state index in [1.54, 1.807) is 6.20 Å². The molecule has 6 nitrogen and oxygen atoms in total. The van der Waals surface area contributed by atoms with Crippen LogP contribution in [0.5, 0.6) is 0 Å². The number of aryl methyl sites for hydroxylation is 2. The van der Waals surface area contributed by atoms with Crippen LogP contribution in [-0.2, 0) is 13.6 Å². The van der Waals surface area contributed by atoms with Gasteiger partial charge in [-0.2, -0.15) is 5.10 Å².